The molecule has 2 atom stereocenters. The summed E-state index contributed by atoms with van der Waals surface area (Å²) >= 11 is 0. The molecule has 7 nitrogen and oxygen atoms in total. The summed E-state index contributed by atoms with van der Waals surface area (Å²) in [7, 11) is 0. The summed E-state index contributed by atoms with van der Waals surface area (Å²) in [6.45, 7) is 5.81. The molecule has 0 bridgehead atoms. The van der Waals surface area contributed by atoms with E-state index in [-0.39, 0.29) is 11.8 Å². The Balaban J connectivity index is 1.32. The van der Waals surface area contributed by atoms with Gasteiger partial charge >= 0.3 is 0 Å². The average Bonchev–Trinajstić information content (AvgIpc) is 3.37. The summed E-state index contributed by atoms with van der Waals surface area (Å²) in [5.74, 6) is 1.83. The number of nitrogens with one attached hydrogen (secondary N) is 1. The molecule has 3 aliphatic heterocycles. The van der Waals surface area contributed by atoms with E-state index in [9.17, 15) is 9.59 Å². The molecule has 2 amide bonds. The van der Waals surface area contributed by atoms with Crippen LogP contribution in [0.5, 0.6) is 11.5 Å². The quantitative estimate of drug-likeness (QED) is 0.845. The lowest BCUT2D eigenvalue weighted by atomic mass is 10.0. The minimum atomic E-state index is -0.257. The van der Waals surface area contributed by atoms with Gasteiger partial charge in [0.1, 0.15) is 13.2 Å². The Hall–Kier alpha value is -3.06. The number of hydrogen-bond donors (Lipinski definition) is 1. The van der Waals surface area contributed by atoms with Crippen molar-refractivity contribution in [2.24, 2.45) is 11.8 Å². The Morgan fingerprint density at radius 1 is 0.933 bits per heavy atom. The van der Waals surface area contributed by atoms with Crippen molar-refractivity contribution in [3.8, 4) is 11.5 Å². The Kier molecular flexibility index (Phi) is 4.83. The Bertz CT molecular complexity index is 993. The van der Waals surface area contributed by atoms with E-state index in [1.165, 1.54) is 0 Å². The van der Waals surface area contributed by atoms with Crippen LogP contribution in [0, 0.1) is 18.8 Å². The van der Waals surface area contributed by atoms with E-state index < -0.39 is 0 Å². The monoisotopic (exact) mass is 408 g/mol. The molecule has 2 aromatic carbocycles. The van der Waals surface area contributed by atoms with Crippen LogP contribution in [0.15, 0.2) is 36.4 Å². The van der Waals surface area contributed by atoms with Crippen molar-refractivity contribution < 1.29 is 23.8 Å². The maximum absolute atomic E-state index is 13.0. The molecule has 0 aliphatic carbocycles. The van der Waals surface area contributed by atoms with E-state index in [2.05, 4.69) is 5.32 Å². The zero-order valence-electron chi connectivity index (χ0n) is 16.8. The highest BCUT2D eigenvalue weighted by atomic mass is 16.6. The van der Waals surface area contributed by atoms with Crippen molar-refractivity contribution in [2.75, 3.05) is 44.8 Å². The van der Waals surface area contributed by atoms with Crippen molar-refractivity contribution >= 4 is 17.5 Å². The molecule has 30 heavy (non-hydrogen) atoms. The fraction of sp³-hybridized carbons (Fsp3) is 0.391. The second-order valence-corrected chi connectivity index (χ2v) is 8.11. The largest absolute Gasteiger partial charge is 0.486 e. The summed E-state index contributed by atoms with van der Waals surface area (Å²) in [5, 5.41) is 2.93. The van der Waals surface area contributed by atoms with E-state index in [1.54, 1.807) is 24.3 Å². The van der Waals surface area contributed by atoms with Gasteiger partial charge < -0.3 is 24.4 Å². The number of likely N-dealkylation sites (tertiary alicyclic amines) is 1. The van der Waals surface area contributed by atoms with E-state index in [0.717, 1.165) is 31.9 Å². The number of nitrogens with zero attached hydrogens (tertiary/aromatic N) is 1. The van der Waals surface area contributed by atoms with Gasteiger partial charge in [0.2, 0.25) is 0 Å². The van der Waals surface area contributed by atoms with Crippen molar-refractivity contribution in [2.45, 2.75) is 6.92 Å². The molecule has 0 aromatic heterocycles. The highest BCUT2D eigenvalue weighted by molar-refractivity contribution is 6.06. The summed E-state index contributed by atoms with van der Waals surface area (Å²) in [6.07, 6.45) is 0. The molecule has 2 aromatic rings. The fourth-order valence-electron chi connectivity index (χ4n) is 4.30. The standard InChI is InChI=1S/C23H24N2O5/c1-14-2-3-16(23(27)25-10-17-12-28-13-18(17)11-25)8-19(14)24-22(26)15-4-5-20-21(9-15)30-7-6-29-20/h2-5,8-9,17-18H,6-7,10-13H2,1H3,(H,24,26)/t17-,18+. The third kappa shape index (κ3) is 3.50. The summed E-state index contributed by atoms with van der Waals surface area (Å²) in [5.41, 5.74) is 2.58. The molecule has 2 saturated heterocycles. The van der Waals surface area contributed by atoms with Gasteiger partial charge in [0, 0.05) is 41.7 Å². The molecule has 0 spiro atoms. The zero-order chi connectivity index (χ0) is 20.7. The van der Waals surface area contributed by atoms with Crippen LogP contribution in [-0.2, 0) is 4.74 Å². The van der Waals surface area contributed by atoms with Gasteiger partial charge in [0.15, 0.2) is 11.5 Å². The van der Waals surface area contributed by atoms with Gasteiger partial charge in [0.25, 0.3) is 11.8 Å². The number of aryl methyl sites for hydroxylation is 1. The predicted octanol–water partition coefficient (Wildman–Crippen LogP) is 2.74. The minimum Gasteiger partial charge on any atom is -0.486 e. The molecule has 3 aliphatic rings. The van der Waals surface area contributed by atoms with E-state index in [1.807, 2.05) is 24.0 Å². The number of hydrogen-bond acceptors (Lipinski definition) is 5. The number of anilines is 1. The number of ether oxygens (including phenoxy) is 3. The Morgan fingerprint density at radius 2 is 1.63 bits per heavy atom. The lowest BCUT2D eigenvalue weighted by molar-refractivity contribution is 0.0751. The number of benzene rings is 2. The van der Waals surface area contributed by atoms with Gasteiger partial charge in [-0.15, -0.1) is 0 Å². The van der Waals surface area contributed by atoms with E-state index in [0.29, 0.717) is 53.4 Å². The first-order chi connectivity index (χ1) is 14.6. The summed E-state index contributed by atoms with van der Waals surface area (Å²) < 4.78 is 16.6. The zero-order valence-corrected chi connectivity index (χ0v) is 16.8. The molecule has 1 N–H and O–H groups in total. The minimum absolute atomic E-state index is 0.000714. The number of fused-ring (bicyclic) bond motifs is 2. The van der Waals surface area contributed by atoms with Crippen molar-refractivity contribution in [1.82, 2.24) is 4.90 Å². The van der Waals surface area contributed by atoms with Crippen LogP contribution in [-0.4, -0.2) is 56.2 Å². The van der Waals surface area contributed by atoms with Crippen molar-refractivity contribution in [3.63, 3.8) is 0 Å². The molecule has 3 heterocycles. The van der Waals surface area contributed by atoms with Crippen LogP contribution in [0.2, 0.25) is 0 Å². The number of carbonyl (C=O) groups excluding carboxylic acids is 2. The van der Waals surface area contributed by atoms with Gasteiger partial charge in [-0.05, 0) is 42.8 Å². The third-order valence-corrected chi connectivity index (χ3v) is 6.06. The number of carbonyl (C=O) groups is 2. The Morgan fingerprint density at radius 3 is 2.40 bits per heavy atom. The summed E-state index contributed by atoms with van der Waals surface area (Å²) in [4.78, 5) is 27.7. The first-order valence-corrected chi connectivity index (χ1v) is 10.3. The van der Waals surface area contributed by atoms with Crippen LogP contribution in [0.1, 0.15) is 26.3 Å². The summed E-state index contributed by atoms with van der Waals surface area (Å²) in [6, 6.07) is 10.6. The molecule has 7 heteroatoms. The van der Waals surface area contributed by atoms with Gasteiger partial charge in [-0.3, -0.25) is 9.59 Å². The van der Waals surface area contributed by atoms with Crippen molar-refractivity contribution in [3.05, 3.63) is 53.1 Å². The molecule has 156 valence electrons. The SMILES string of the molecule is Cc1ccc(C(=O)N2C[C@H]3COC[C@H]3C2)cc1NC(=O)c1ccc2c(c1)OCCO2. The maximum Gasteiger partial charge on any atom is 0.255 e. The maximum atomic E-state index is 13.0. The Labute approximate surface area is 174 Å². The topological polar surface area (TPSA) is 77.1 Å². The predicted molar refractivity (Wildman–Crippen MR) is 110 cm³/mol. The normalized spacial score (nSPS) is 22.0. The molecule has 0 unspecified atom stereocenters. The smallest absolute Gasteiger partial charge is 0.255 e. The van der Waals surface area contributed by atoms with Crippen LogP contribution < -0.4 is 14.8 Å². The van der Waals surface area contributed by atoms with Crippen LogP contribution >= 0.6 is 0 Å². The van der Waals surface area contributed by atoms with Gasteiger partial charge in [-0.1, -0.05) is 6.07 Å². The molecule has 0 saturated carbocycles. The molecular weight excluding hydrogens is 384 g/mol. The first-order valence-electron chi connectivity index (χ1n) is 10.3. The number of amides is 2. The molecular formula is C23H24N2O5. The average molecular weight is 408 g/mol. The lowest BCUT2D eigenvalue weighted by Crippen LogP contribution is -2.30. The lowest BCUT2D eigenvalue weighted by Gasteiger charge is -2.19. The van der Waals surface area contributed by atoms with Gasteiger partial charge in [0.05, 0.1) is 13.2 Å². The van der Waals surface area contributed by atoms with Crippen LogP contribution in [0.4, 0.5) is 5.69 Å². The molecule has 0 radical (unpaired) electrons. The fourth-order valence-corrected chi connectivity index (χ4v) is 4.30. The second-order valence-electron chi connectivity index (χ2n) is 8.11. The molecule has 2 fully saturated rings. The second kappa shape index (κ2) is 7.65. The third-order valence-electron chi connectivity index (χ3n) is 6.06. The highest BCUT2D eigenvalue weighted by Gasteiger charge is 2.39. The number of rotatable bonds is 3. The van der Waals surface area contributed by atoms with Crippen LogP contribution in [0.25, 0.3) is 0 Å². The van der Waals surface area contributed by atoms with Gasteiger partial charge in [-0.25, -0.2) is 0 Å². The highest BCUT2D eigenvalue weighted by Crippen LogP contribution is 2.32. The van der Waals surface area contributed by atoms with E-state index in [4.69, 9.17) is 14.2 Å². The molecule has 5 rings (SSSR count). The van der Waals surface area contributed by atoms with Crippen LogP contribution in [0.3, 0.4) is 0 Å². The first kappa shape index (κ1) is 18.9. The van der Waals surface area contributed by atoms with Crippen molar-refractivity contribution in [1.29, 1.82) is 0 Å². The van der Waals surface area contributed by atoms with Gasteiger partial charge in [-0.2, -0.15) is 0 Å². The van der Waals surface area contributed by atoms with E-state index >= 15 is 0 Å².